The van der Waals surface area contributed by atoms with Crippen molar-refractivity contribution in [2.45, 2.75) is 105 Å². The van der Waals surface area contributed by atoms with Gasteiger partial charge in [-0.25, -0.2) is 0 Å². The Morgan fingerprint density at radius 3 is 2.27 bits per heavy atom. The lowest BCUT2D eigenvalue weighted by molar-refractivity contribution is -0.217. The van der Waals surface area contributed by atoms with E-state index in [4.69, 9.17) is 4.74 Å². The zero-order valence-electron chi connectivity index (χ0n) is 23.7. The number of hydrogen-bond donors (Lipinski definition) is 3. The third-order valence-corrected chi connectivity index (χ3v) is 13.6. The van der Waals surface area contributed by atoms with E-state index in [1.165, 1.54) is 12.7 Å². The van der Waals surface area contributed by atoms with Crippen LogP contribution in [0.25, 0.3) is 0 Å². The predicted octanol–water partition coefficient (Wildman–Crippen LogP) is 5.36. The molecule has 3 N–H and O–H groups in total. The van der Waals surface area contributed by atoms with Crippen molar-refractivity contribution in [1.82, 2.24) is 0 Å². The number of allylic oxidation sites excluding steroid dienone is 2. The Balaban J connectivity index is 1.59. The molecule has 0 heterocycles. The monoisotopic (exact) mass is 516 g/mol. The standard InChI is InChI=1S/C31H48O6/c1-26(25(36)37-6)13-15-31(24(34)35)16-14-29(4)19(20(31)17-26)7-8-22-27(2)11-10-23(33)28(3,18-32)21(27)9-12-30(22,29)5/h7,20-23,32-33H,8-18H2,1-6H3,(H,34,35)/t20-,21?,22?,23+,26-,27+,28+,29-,30-,31+/m1/s1. The van der Waals surface area contributed by atoms with E-state index in [0.717, 1.165) is 32.1 Å². The molecule has 0 saturated heterocycles. The first-order valence-electron chi connectivity index (χ1n) is 14.5. The highest BCUT2D eigenvalue weighted by atomic mass is 16.5. The molecule has 5 aliphatic rings. The zero-order chi connectivity index (χ0) is 27.2. The van der Waals surface area contributed by atoms with Gasteiger partial charge in [-0.05, 0) is 105 Å². The van der Waals surface area contributed by atoms with Gasteiger partial charge in [-0.15, -0.1) is 0 Å². The molecule has 4 fully saturated rings. The van der Waals surface area contributed by atoms with Crippen LogP contribution < -0.4 is 0 Å². The normalized spacial score (nSPS) is 53.0. The van der Waals surface area contributed by atoms with Crippen LogP contribution in [0.15, 0.2) is 11.6 Å². The van der Waals surface area contributed by atoms with Crippen LogP contribution in [0.3, 0.4) is 0 Å². The molecule has 0 bridgehead atoms. The molecule has 6 heteroatoms. The lowest BCUT2D eigenvalue weighted by Gasteiger charge is -2.71. The number of esters is 1. The topological polar surface area (TPSA) is 104 Å². The highest BCUT2D eigenvalue weighted by Crippen LogP contribution is 2.75. The number of aliphatic hydroxyl groups excluding tert-OH is 2. The second-order valence-corrected chi connectivity index (χ2v) is 14.8. The maximum Gasteiger partial charge on any atom is 0.311 e. The molecular formula is C31H48O6. The van der Waals surface area contributed by atoms with Crippen LogP contribution >= 0.6 is 0 Å². The summed E-state index contributed by atoms with van der Waals surface area (Å²) in [6.45, 7) is 11.3. The molecule has 4 saturated carbocycles. The van der Waals surface area contributed by atoms with Crippen molar-refractivity contribution >= 4 is 11.9 Å². The summed E-state index contributed by atoms with van der Waals surface area (Å²) in [5.74, 6) is -0.449. The first-order chi connectivity index (χ1) is 17.2. The third-order valence-electron chi connectivity index (χ3n) is 13.6. The number of carboxylic acid groups (broad SMARTS) is 1. The van der Waals surface area contributed by atoms with Crippen molar-refractivity contribution in [3.05, 3.63) is 11.6 Å². The van der Waals surface area contributed by atoms with Gasteiger partial charge in [-0.2, -0.15) is 0 Å². The van der Waals surface area contributed by atoms with Crippen molar-refractivity contribution < 1.29 is 29.6 Å². The van der Waals surface area contributed by atoms with Crippen LogP contribution in [0.4, 0.5) is 0 Å². The van der Waals surface area contributed by atoms with Crippen LogP contribution in [-0.4, -0.2) is 47.1 Å². The van der Waals surface area contributed by atoms with Crippen LogP contribution in [0, 0.1) is 50.2 Å². The predicted molar refractivity (Wildman–Crippen MR) is 140 cm³/mol. The van der Waals surface area contributed by atoms with Gasteiger partial charge in [0.15, 0.2) is 0 Å². The number of fused-ring (bicyclic) bond motifs is 7. The molecule has 0 amide bonds. The Morgan fingerprint density at radius 2 is 1.65 bits per heavy atom. The molecule has 208 valence electrons. The summed E-state index contributed by atoms with van der Waals surface area (Å²) in [6.07, 6.45) is 9.54. The van der Waals surface area contributed by atoms with E-state index in [1.807, 2.05) is 6.92 Å². The number of aliphatic carboxylic acids is 1. The summed E-state index contributed by atoms with van der Waals surface area (Å²) in [4.78, 5) is 25.7. The molecular weight excluding hydrogens is 468 g/mol. The van der Waals surface area contributed by atoms with Crippen LogP contribution in [0.5, 0.6) is 0 Å². The first kappa shape index (κ1) is 27.2. The number of ether oxygens (including phenoxy) is 1. The van der Waals surface area contributed by atoms with Crippen molar-refractivity contribution in [1.29, 1.82) is 0 Å². The minimum absolute atomic E-state index is 0.00315. The number of aliphatic hydroxyl groups is 2. The Labute approximate surface area is 222 Å². The maximum absolute atomic E-state index is 12.9. The van der Waals surface area contributed by atoms with Gasteiger partial charge in [0.1, 0.15) is 0 Å². The van der Waals surface area contributed by atoms with Gasteiger partial charge >= 0.3 is 11.9 Å². The average molecular weight is 517 g/mol. The molecule has 5 rings (SSSR count). The van der Waals surface area contributed by atoms with Crippen LogP contribution in [-0.2, 0) is 14.3 Å². The van der Waals surface area contributed by atoms with Crippen molar-refractivity contribution in [2.75, 3.05) is 13.7 Å². The summed E-state index contributed by atoms with van der Waals surface area (Å²) < 4.78 is 5.20. The Bertz CT molecular complexity index is 1020. The van der Waals surface area contributed by atoms with E-state index in [1.54, 1.807) is 0 Å². The molecule has 0 radical (unpaired) electrons. The van der Waals surface area contributed by atoms with Gasteiger partial charge in [0.25, 0.3) is 0 Å². The molecule has 0 aromatic heterocycles. The molecule has 10 atom stereocenters. The van der Waals surface area contributed by atoms with Crippen molar-refractivity contribution in [2.24, 2.45) is 50.2 Å². The fourth-order valence-electron chi connectivity index (χ4n) is 10.9. The zero-order valence-corrected chi connectivity index (χ0v) is 23.7. The van der Waals surface area contributed by atoms with Gasteiger partial charge in [0.2, 0.25) is 0 Å². The van der Waals surface area contributed by atoms with Crippen LogP contribution in [0.2, 0.25) is 0 Å². The van der Waals surface area contributed by atoms with Crippen molar-refractivity contribution in [3.8, 4) is 0 Å². The van der Waals surface area contributed by atoms with E-state index < -0.39 is 28.3 Å². The number of methoxy groups -OCH3 is 1. The SMILES string of the molecule is COC(=O)[C@]1(C)CC[C@]2(C(=O)O)CC[C@]3(C)C(=CCC4[C@@]5(C)CC[C@H](O)[C@@](C)(CO)C5CC[C@]43C)[C@H]2C1. The van der Waals surface area contributed by atoms with Gasteiger partial charge in [0.05, 0.1) is 30.7 Å². The number of carbonyl (C=O) groups excluding carboxylic acids is 1. The summed E-state index contributed by atoms with van der Waals surface area (Å²) in [5.41, 5.74) is -0.843. The van der Waals surface area contributed by atoms with E-state index in [-0.39, 0.29) is 40.7 Å². The van der Waals surface area contributed by atoms with Crippen molar-refractivity contribution in [3.63, 3.8) is 0 Å². The smallest absolute Gasteiger partial charge is 0.311 e. The largest absolute Gasteiger partial charge is 0.481 e. The summed E-state index contributed by atoms with van der Waals surface area (Å²) in [5, 5.41) is 31.9. The van der Waals surface area contributed by atoms with E-state index in [2.05, 4.69) is 33.8 Å². The third kappa shape index (κ3) is 3.24. The highest BCUT2D eigenvalue weighted by molar-refractivity contribution is 5.80. The molecule has 5 aliphatic carbocycles. The molecule has 0 aromatic rings. The molecule has 2 unspecified atom stereocenters. The summed E-state index contributed by atoms with van der Waals surface area (Å²) in [7, 11) is 1.43. The van der Waals surface area contributed by atoms with Gasteiger partial charge in [-0.3, -0.25) is 9.59 Å². The molecule has 0 spiro atoms. The lowest BCUT2D eigenvalue weighted by Crippen LogP contribution is -2.66. The highest BCUT2D eigenvalue weighted by Gasteiger charge is 2.70. The Hall–Kier alpha value is -1.40. The fourth-order valence-corrected chi connectivity index (χ4v) is 10.9. The molecule has 0 aromatic carbocycles. The lowest BCUT2D eigenvalue weighted by atomic mass is 9.33. The van der Waals surface area contributed by atoms with Gasteiger partial charge < -0.3 is 20.1 Å². The quantitative estimate of drug-likeness (QED) is 0.345. The van der Waals surface area contributed by atoms with E-state index >= 15 is 0 Å². The number of carboxylic acids is 1. The van der Waals surface area contributed by atoms with Gasteiger partial charge in [0, 0.05) is 5.41 Å². The number of hydrogen-bond acceptors (Lipinski definition) is 5. The first-order valence-corrected chi connectivity index (χ1v) is 14.5. The summed E-state index contributed by atoms with van der Waals surface area (Å²) in [6, 6.07) is 0. The molecule has 0 aliphatic heterocycles. The second kappa shape index (κ2) is 8.30. The van der Waals surface area contributed by atoms with E-state index in [9.17, 15) is 24.9 Å². The van der Waals surface area contributed by atoms with E-state index in [0.29, 0.717) is 38.0 Å². The average Bonchev–Trinajstić information content (AvgIpc) is 2.86. The summed E-state index contributed by atoms with van der Waals surface area (Å²) >= 11 is 0. The fraction of sp³-hybridized carbons (Fsp3) is 0.871. The number of rotatable bonds is 3. The molecule has 37 heavy (non-hydrogen) atoms. The number of carbonyl (C=O) groups is 2. The Kier molecular flexibility index (Phi) is 6.10. The Morgan fingerprint density at radius 1 is 0.973 bits per heavy atom. The maximum atomic E-state index is 12.9. The minimum Gasteiger partial charge on any atom is -0.481 e. The second-order valence-electron chi connectivity index (χ2n) is 14.8. The van der Waals surface area contributed by atoms with Crippen LogP contribution in [0.1, 0.15) is 98.8 Å². The molecule has 6 nitrogen and oxygen atoms in total. The van der Waals surface area contributed by atoms with Gasteiger partial charge in [-0.1, -0.05) is 39.3 Å². The minimum atomic E-state index is -0.812.